The monoisotopic (exact) mass is 342 g/mol. The summed E-state index contributed by atoms with van der Waals surface area (Å²) in [7, 11) is 0. The average molecular weight is 342 g/mol. The highest BCUT2D eigenvalue weighted by molar-refractivity contribution is 7.20. The van der Waals surface area contributed by atoms with Crippen LogP contribution in [0.25, 0.3) is 21.0 Å². The van der Waals surface area contributed by atoms with Crippen LogP contribution in [0, 0.1) is 0 Å². The zero-order valence-corrected chi connectivity index (χ0v) is 13.4. The van der Waals surface area contributed by atoms with Crippen LogP contribution in [-0.2, 0) is 11.3 Å². The van der Waals surface area contributed by atoms with Crippen molar-refractivity contribution in [3.05, 3.63) is 58.7 Å². The maximum atomic E-state index is 12.1. The standard InChI is InChI=1S/C16H10N2O3S2/c19-16(11-9-23-15(18-11)13-6-3-7-22-13)20-8-14-17-10-4-1-2-5-12(10)21-14/h1-7,9H,8H2. The van der Waals surface area contributed by atoms with Gasteiger partial charge in [-0.25, -0.2) is 14.8 Å². The van der Waals surface area contributed by atoms with Crippen LogP contribution in [0.15, 0.2) is 51.6 Å². The number of thiazole rings is 1. The molecule has 114 valence electrons. The number of thiophene rings is 1. The lowest BCUT2D eigenvalue weighted by Gasteiger charge is -1.98. The number of carbonyl (C=O) groups excluding carboxylic acids is 1. The second-order valence-corrected chi connectivity index (χ2v) is 6.47. The van der Waals surface area contributed by atoms with Gasteiger partial charge in [0.1, 0.15) is 10.5 Å². The van der Waals surface area contributed by atoms with Crippen molar-refractivity contribution in [1.82, 2.24) is 9.97 Å². The fourth-order valence-corrected chi connectivity index (χ4v) is 3.67. The van der Waals surface area contributed by atoms with E-state index in [0.29, 0.717) is 17.2 Å². The van der Waals surface area contributed by atoms with Crippen LogP contribution in [0.1, 0.15) is 16.4 Å². The summed E-state index contributed by atoms with van der Waals surface area (Å²) >= 11 is 3.00. The molecule has 7 heteroatoms. The molecular formula is C16H10N2O3S2. The van der Waals surface area contributed by atoms with Crippen LogP contribution in [0.2, 0.25) is 0 Å². The van der Waals surface area contributed by atoms with Crippen LogP contribution in [0.3, 0.4) is 0 Å². The number of carbonyl (C=O) groups is 1. The summed E-state index contributed by atoms with van der Waals surface area (Å²) in [6, 6.07) is 11.3. The third-order valence-corrected chi connectivity index (χ3v) is 4.99. The second-order valence-electron chi connectivity index (χ2n) is 4.67. The number of fused-ring (bicyclic) bond motifs is 1. The van der Waals surface area contributed by atoms with Crippen molar-refractivity contribution < 1.29 is 13.9 Å². The Bertz CT molecular complexity index is 924. The molecule has 3 heterocycles. The SMILES string of the molecule is O=C(OCc1nc2ccccc2o1)c1csc(-c2cccs2)n1. The number of rotatable bonds is 4. The first-order valence-corrected chi connectivity index (χ1v) is 8.56. The van der Waals surface area contributed by atoms with Crippen molar-refractivity contribution >= 4 is 39.7 Å². The molecule has 0 unspecified atom stereocenters. The summed E-state index contributed by atoms with van der Waals surface area (Å²) in [5, 5.41) is 4.49. The van der Waals surface area contributed by atoms with Gasteiger partial charge in [-0.15, -0.1) is 22.7 Å². The number of hydrogen-bond acceptors (Lipinski definition) is 7. The molecule has 1 aromatic carbocycles. The molecule has 0 bridgehead atoms. The molecule has 0 fully saturated rings. The van der Waals surface area contributed by atoms with E-state index >= 15 is 0 Å². The van der Waals surface area contributed by atoms with E-state index in [0.717, 1.165) is 15.4 Å². The van der Waals surface area contributed by atoms with Crippen LogP contribution < -0.4 is 0 Å². The number of para-hydroxylation sites is 2. The predicted molar refractivity (Wildman–Crippen MR) is 88.6 cm³/mol. The minimum absolute atomic E-state index is 0.0145. The first-order valence-electron chi connectivity index (χ1n) is 6.80. The summed E-state index contributed by atoms with van der Waals surface area (Å²) in [6.45, 7) is -0.0145. The van der Waals surface area contributed by atoms with Gasteiger partial charge >= 0.3 is 5.97 Å². The van der Waals surface area contributed by atoms with E-state index in [1.165, 1.54) is 11.3 Å². The van der Waals surface area contributed by atoms with Gasteiger partial charge in [0, 0.05) is 5.38 Å². The van der Waals surface area contributed by atoms with E-state index in [4.69, 9.17) is 9.15 Å². The number of oxazole rings is 1. The lowest BCUT2D eigenvalue weighted by atomic mass is 10.3. The quantitative estimate of drug-likeness (QED) is 0.515. The summed E-state index contributed by atoms with van der Waals surface area (Å²) in [6.07, 6.45) is 0. The molecule has 4 aromatic rings. The number of aromatic nitrogens is 2. The third-order valence-electron chi connectivity index (χ3n) is 3.11. The smallest absolute Gasteiger partial charge is 0.358 e. The highest BCUT2D eigenvalue weighted by Crippen LogP contribution is 2.28. The number of esters is 1. The number of ether oxygens (including phenoxy) is 1. The summed E-state index contributed by atoms with van der Waals surface area (Å²) in [5.41, 5.74) is 1.72. The molecule has 0 aliphatic rings. The lowest BCUT2D eigenvalue weighted by Crippen LogP contribution is -2.05. The van der Waals surface area contributed by atoms with Gasteiger partial charge in [-0.1, -0.05) is 18.2 Å². The maximum absolute atomic E-state index is 12.1. The molecule has 3 aromatic heterocycles. The van der Waals surface area contributed by atoms with Crippen molar-refractivity contribution in [3.8, 4) is 9.88 Å². The maximum Gasteiger partial charge on any atom is 0.358 e. The minimum atomic E-state index is -0.480. The largest absolute Gasteiger partial charge is 0.451 e. The second kappa shape index (κ2) is 5.94. The predicted octanol–water partition coefficient (Wildman–Crippen LogP) is 4.37. The third kappa shape index (κ3) is 2.88. The molecule has 0 aliphatic heterocycles. The Hall–Kier alpha value is -2.51. The first kappa shape index (κ1) is 14.1. The molecule has 5 nitrogen and oxygen atoms in total. The molecule has 0 radical (unpaired) electrons. The first-order chi connectivity index (χ1) is 11.3. The van der Waals surface area contributed by atoms with E-state index in [1.54, 1.807) is 16.7 Å². The number of hydrogen-bond donors (Lipinski definition) is 0. The highest BCUT2D eigenvalue weighted by atomic mass is 32.1. The summed E-state index contributed by atoms with van der Waals surface area (Å²) < 4.78 is 10.7. The fraction of sp³-hybridized carbons (Fsp3) is 0.0625. The van der Waals surface area contributed by atoms with Crippen molar-refractivity contribution in [2.24, 2.45) is 0 Å². The van der Waals surface area contributed by atoms with E-state index in [1.807, 2.05) is 41.8 Å². The van der Waals surface area contributed by atoms with E-state index < -0.39 is 5.97 Å². The lowest BCUT2D eigenvalue weighted by molar-refractivity contribution is 0.0434. The molecule has 4 rings (SSSR count). The molecule has 0 saturated carbocycles. The Morgan fingerprint density at radius 2 is 2.04 bits per heavy atom. The normalized spacial score (nSPS) is 11.0. The van der Waals surface area contributed by atoms with Gasteiger partial charge in [0.25, 0.3) is 0 Å². The van der Waals surface area contributed by atoms with Crippen LogP contribution in [-0.4, -0.2) is 15.9 Å². The zero-order chi connectivity index (χ0) is 15.6. The topological polar surface area (TPSA) is 65.2 Å². The van der Waals surface area contributed by atoms with Gasteiger partial charge in [-0.2, -0.15) is 0 Å². The van der Waals surface area contributed by atoms with Gasteiger partial charge in [-0.05, 0) is 23.6 Å². The Morgan fingerprint density at radius 1 is 1.13 bits per heavy atom. The van der Waals surface area contributed by atoms with Gasteiger partial charge in [-0.3, -0.25) is 0 Å². The molecule has 0 saturated heterocycles. The fourth-order valence-electron chi connectivity index (χ4n) is 2.06. The molecule has 0 amide bonds. The average Bonchev–Trinajstić information content (AvgIpc) is 3.31. The Kier molecular flexibility index (Phi) is 3.64. The molecule has 0 N–H and O–H groups in total. The van der Waals surface area contributed by atoms with Crippen molar-refractivity contribution in [2.75, 3.05) is 0 Å². The minimum Gasteiger partial charge on any atom is -0.451 e. The Labute approximate surface area is 139 Å². The van der Waals surface area contributed by atoms with Crippen LogP contribution in [0.5, 0.6) is 0 Å². The van der Waals surface area contributed by atoms with Crippen LogP contribution in [0.4, 0.5) is 0 Å². The molecule has 23 heavy (non-hydrogen) atoms. The van der Waals surface area contributed by atoms with E-state index in [-0.39, 0.29) is 6.61 Å². The van der Waals surface area contributed by atoms with Gasteiger partial charge in [0.05, 0.1) is 4.88 Å². The van der Waals surface area contributed by atoms with Gasteiger partial charge < -0.3 is 9.15 Å². The van der Waals surface area contributed by atoms with Crippen molar-refractivity contribution in [3.63, 3.8) is 0 Å². The zero-order valence-electron chi connectivity index (χ0n) is 11.8. The summed E-state index contributed by atoms with van der Waals surface area (Å²) in [4.78, 5) is 21.7. The molecule has 0 atom stereocenters. The summed E-state index contributed by atoms with van der Waals surface area (Å²) in [5.74, 6) is -0.112. The highest BCUT2D eigenvalue weighted by Gasteiger charge is 2.15. The molecule has 0 spiro atoms. The number of nitrogens with zero attached hydrogens (tertiary/aromatic N) is 2. The van der Waals surface area contributed by atoms with Gasteiger partial charge in [0.15, 0.2) is 17.9 Å². The molecular weight excluding hydrogens is 332 g/mol. The number of benzene rings is 1. The van der Waals surface area contributed by atoms with Crippen molar-refractivity contribution in [1.29, 1.82) is 0 Å². The van der Waals surface area contributed by atoms with E-state index in [2.05, 4.69) is 9.97 Å². The van der Waals surface area contributed by atoms with Crippen molar-refractivity contribution in [2.45, 2.75) is 6.61 Å². The molecule has 0 aliphatic carbocycles. The van der Waals surface area contributed by atoms with Crippen LogP contribution >= 0.6 is 22.7 Å². The Balaban J connectivity index is 1.45. The Morgan fingerprint density at radius 3 is 2.87 bits per heavy atom. The van der Waals surface area contributed by atoms with Gasteiger partial charge in [0.2, 0.25) is 5.89 Å². The van der Waals surface area contributed by atoms with E-state index in [9.17, 15) is 4.79 Å².